The summed E-state index contributed by atoms with van der Waals surface area (Å²) in [6, 6.07) is 8.81. The van der Waals surface area contributed by atoms with Crippen molar-refractivity contribution in [1.29, 1.82) is 0 Å². The van der Waals surface area contributed by atoms with E-state index in [1.165, 1.54) is 6.07 Å². The Hall–Kier alpha value is -1.68. The van der Waals surface area contributed by atoms with E-state index in [0.29, 0.717) is 6.54 Å². The average Bonchev–Trinajstić information content (AvgIpc) is 2.83. The van der Waals surface area contributed by atoms with Crippen molar-refractivity contribution in [3.63, 3.8) is 0 Å². The number of nitrogens with zero attached hydrogens (tertiary/aromatic N) is 1. The lowest BCUT2D eigenvalue weighted by Crippen LogP contribution is -2.20. The van der Waals surface area contributed by atoms with Crippen LogP contribution in [0.15, 0.2) is 36.5 Å². The van der Waals surface area contributed by atoms with Gasteiger partial charge in [-0.15, -0.1) is 0 Å². The second-order valence-electron chi connectivity index (χ2n) is 3.98. The molecule has 0 saturated heterocycles. The minimum atomic E-state index is -0.190. The van der Waals surface area contributed by atoms with Gasteiger partial charge in [0.15, 0.2) is 0 Å². The Bertz CT molecular complexity index is 453. The van der Waals surface area contributed by atoms with Gasteiger partial charge in [-0.3, -0.25) is 5.10 Å². The van der Waals surface area contributed by atoms with Gasteiger partial charge >= 0.3 is 0 Å². The third-order valence-corrected chi connectivity index (χ3v) is 2.76. The van der Waals surface area contributed by atoms with Gasteiger partial charge in [-0.25, -0.2) is 4.39 Å². The summed E-state index contributed by atoms with van der Waals surface area (Å²) in [6.45, 7) is 2.78. The van der Waals surface area contributed by atoms with Crippen molar-refractivity contribution in [2.75, 3.05) is 0 Å². The largest absolute Gasteiger partial charge is 0.304 e. The molecule has 1 heterocycles. The highest BCUT2D eigenvalue weighted by Gasteiger charge is 2.09. The molecule has 2 rings (SSSR count). The fourth-order valence-corrected chi connectivity index (χ4v) is 1.84. The minimum Gasteiger partial charge on any atom is -0.304 e. The third kappa shape index (κ3) is 3.14. The Morgan fingerprint density at radius 3 is 2.94 bits per heavy atom. The number of hydrogen-bond acceptors (Lipinski definition) is 2. The normalized spacial score (nSPS) is 12.6. The van der Waals surface area contributed by atoms with E-state index >= 15 is 0 Å². The summed E-state index contributed by atoms with van der Waals surface area (Å²) < 4.78 is 13.1. The minimum absolute atomic E-state index is 0.161. The van der Waals surface area contributed by atoms with E-state index in [1.54, 1.807) is 18.3 Å². The predicted molar refractivity (Wildman–Crippen MR) is 64.9 cm³/mol. The van der Waals surface area contributed by atoms with Crippen LogP contribution in [0.5, 0.6) is 0 Å². The van der Waals surface area contributed by atoms with Crippen LogP contribution in [-0.2, 0) is 6.54 Å². The van der Waals surface area contributed by atoms with Crippen LogP contribution in [0, 0.1) is 5.82 Å². The number of rotatable bonds is 5. The van der Waals surface area contributed by atoms with Crippen molar-refractivity contribution in [3.05, 3.63) is 53.6 Å². The Labute approximate surface area is 100 Å². The monoisotopic (exact) mass is 233 g/mol. The van der Waals surface area contributed by atoms with E-state index in [2.05, 4.69) is 22.4 Å². The maximum absolute atomic E-state index is 13.1. The SMILES string of the molecule is CC[C@@H](NCc1ccn[nH]1)c1cccc(F)c1. The molecular formula is C13H16FN3. The van der Waals surface area contributed by atoms with Gasteiger partial charge in [0, 0.05) is 24.5 Å². The number of H-pyrrole nitrogens is 1. The van der Waals surface area contributed by atoms with Crippen LogP contribution in [0.3, 0.4) is 0 Å². The predicted octanol–water partition coefficient (Wildman–Crippen LogP) is 2.79. The molecule has 0 amide bonds. The molecule has 0 aliphatic heterocycles. The smallest absolute Gasteiger partial charge is 0.123 e. The molecule has 0 aliphatic carbocycles. The molecule has 2 N–H and O–H groups in total. The molecular weight excluding hydrogens is 217 g/mol. The Balaban J connectivity index is 2.01. The number of halogens is 1. The van der Waals surface area contributed by atoms with Gasteiger partial charge in [-0.1, -0.05) is 19.1 Å². The first-order chi connectivity index (χ1) is 8.29. The van der Waals surface area contributed by atoms with E-state index < -0.39 is 0 Å². The first-order valence-corrected chi connectivity index (χ1v) is 5.76. The Morgan fingerprint density at radius 1 is 1.41 bits per heavy atom. The van der Waals surface area contributed by atoms with E-state index in [1.807, 2.05) is 12.1 Å². The molecule has 0 fully saturated rings. The fourth-order valence-electron chi connectivity index (χ4n) is 1.84. The van der Waals surface area contributed by atoms with E-state index in [9.17, 15) is 4.39 Å². The van der Waals surface area contributed by atoms with Crippen molar-refractivity contribution in [2.45, 2.75) is 25.9 Å². The van der Waals surface area contributed by atoms with Gasteiger partial charge < -0.3 is 5.32 Å². The molecule has 0 spiro atoms. The molecule has 0 radical (unpaired) electrons. The van der Waals surface area contributed by atoms with Gasteiger partial charge in [-0.2, -0.15) is 5.10 Å². The first-order valence-electron chi connectivity index (χ1n) is 5.76. The molecule has 0 unspecified atom stereocenters. The Morgan fingerprint density at radius 2 is 2.29 bits per heavy atom. The molecule has 1 aromatic carbocycles. The lowest BCUT2D eigenvalue weighted by Gasteiger charge is -2.16. The first kappa shape index (κ1) is 11.8. The quantitative estimate of drug-likeness (QED) is 0.833. The van der Waals surface area contributed by atoms with Crippen LogP contribution < -0.4 is 5.32 Å². The van der Waals surface area contributed by atoms with Gasteiger partial charge in [0.05, 0.1) is 0 Å². The summed E-state index contributed by atoms with van der Waals surface area (Å²) in [7, 11) is 0. The van der Waals surface area contributed by atoms with Gasteiger partial charge in [0.1, 0.15) is 5.82 Å². The highest BCUT2D eigenvalue weighted by atomic mass is 19.1. The van der Waals surface area contributed by atoms with E-state index in [4.69, 9.17) is 0 Å². The van der Waals surface area contributed by atoms with Crippen molar-refractivity contribution in [2.24, 2.45) is 0 Å². The van der Waals surface area contributed by atoms with Crippen molar-refractivity contribution < 1.29 is 4.39 Å². The molecule has 1 atom stereocenters. The molecule has 0 saturated carbocycles. The van der Waals surface area contributed by atoms with Gasteiger partial charge in [0.25, 0.3) is 0 Å². The molecule has 2 aromatic rings. The van der Waals surface area contributed by atoms with Crippen LogP contribution in [0.4, 0.5) is 4.39 Å². The molecule has 0 aliphatic rings. The maximum atomic E-state index is 13.1. The zero-order valence-corrected chi connectivity index (χ0v) is 9.78. The summed E-state index contributed by atoms with van der Waals surface area (Å²) in [5, 5.41) is 10.2. The second kappa shape index (κ2) is 5.59. The topological polar surface area (TPSA) is 40.7 Å². The Kier molecular flexibility index (Phi) is 3.88. The zero-order valence-electron chi connectivity index (χ0n) is 9.78. The number of aromatic nitrogens is 2. The van der Waals surface area contributed by atoms with Gasteiger partial charge in [0.2, 0.25) is 0 Å². The molecule has 17 heavy (non-hydrogen) atoms. The van der Waals surface area contributed by atoms with Gasteiger partial charge in [-0.05, 0) is 30.2 Å². The molecule has 1 aromatic heterocycles. The summed E-state index contributed by atoms with van der Waals surface area (Å²) in [5.74, 6) is -0.190. The highest BCUT2D eigenvalue weighted by Crippen LogP contribution is 2.17. The molecule has 4 heteroatoms. The molecule has 90 valence electrons. The third-order valence-electron chi connectivity index (χ3n) is 2.76. The van der Waals surface area contributed by atoms with E-state index in [0.717, 1.165) is 17.7 Å². The van der Waals surface area contributed by atoms with Crippen LogP contribution in [0.1, 0.15) is 30.6 Å². The van der Waals surface area contributed by atoms with Crippen LogP contribution in [-0.4, -0.2) is 10.2 Å². The standard InChI is InChI=1S/C13H16FN3/c1-2-13(10-4-3-5-11(14)8-10)15-9-12-6-7-16-17-12/h3-8,13,15H,2,9H2,1H3,(H,16,17)/t13-/m1/s1. The second-order valence-corrected chi connectivity index (χ2v) is 3.98. The van der Waals surface area contributed by atoms with Crippen molar-refractivity contribution in [3.8, 4) is 0 Å². The van der Waals surface area contributed by atoms with Crippen LogP contribution in [0.2, 0.25) is 0 Å². The lowest BCUT2D eigenvalue weighted by molar-refractivity contribution is 0.509. The average molecular weight is 233 g/mol. The van der Waals surface area contributed by atoms with Crippen LogP contribution >= 0.6 is 0 Å². The highest BCUT2D eigenvalue weighted by molar-refractivity contribution is 5.20. The maximum Gasteiger partial charge on any atom is 0.123 e. The fraction of sp³-hybridized carbons (Fsp3) is 0.308. The molecule has 0 bridgehead atoms. The van der Waals surface area contributed by atoms with Crippen molar-refractivity contribution in [1.82, 2.24) is 15.5 Å². The van der Waals surface area contributed by atoms with Crippen LogP contribution in [0.25, 0.3) is 0 Å². The summed E-state index contributed by atoms with van der Waals surface area (Å²) in [5.41, 5.74) is 2.01. The molecule has 3 nitrogen and oxygen atoms in total. The number of aromatic amines is 1. The van der Waals surface area contributed by atoms with Crippen molar-refractivity contribution >= 4 is 0 Å². The van der Waals surface area contributed by atoms with E-state index in [-0.39, 0.29) is 11.9 Å². The number of benzene rings is 1. The number of nitrogens with one attached hydrogen (secondary N) is 2. The lowest BCUT2D eigenvalue weighted by atomic mass is 10.0. The summed E-state index contributed by atoms with van der Waals surface area (Å²) in [4.78, 5) is 0. The zero-order chi connectivity index (χ0) is 12.1. The summed E-state index contributed by atoms with van der Waals surface area (Å²) >= 11 is 0. The number of hydrogen-bond donors (Lipinski definition) is 2. The summed E-state index contributed by atoms with van der Waals surface area (Å²) in [6.07, 6.45) is 2.64.